The van der Waals surface area contributed by atoms with Crippen molar-refractivity contribution in [3.05, 3.63) is 24.3 Å². The number of carbonyl (C=O) groups is 2. The maximum Gasteiger partial charge on any atom is 0.305 e. The summed E-state index contributed by atoms with van der Waals surface area (Å²) in [5.41, 5.74) is 0. The van der Waals surface area contributed by atoms with E-state index in [9.17, 15) is 19.8 Å². The van der Waals surface area contributed by atoms with Crippen molar-refractivity contribution >= 4 is 11.9 Å². The summed E-state index contributed by atoms with van der Waals surface area (Å²) in [6, 6.07) is -0.638. The minimum atomic E-state index is -0.854. The second-order valence-corrected chi connectivity index (χ2v) is 20.7. The summed E-state index contributed by atoms with van der Waals surface area (Å²) in [6.45, 7) is 4.89. The number of allylic oxidation sites excluding steroid dienone is 3. The van der Waals surface area contributed by atoms with E-state index in [1.165, 1.54) is 244 Å². The first-order valence-electron chi connectivity index (χ1n) is 30.1. The fourth-order valence-corrected chi connectivity index (χ4v) is 9.34. The van der Waals surface area contributed by atoms with Crippen LogP contribution in [0.25, 0.3) is 0 Å². The van der Waals surface area contributed by atoms with Crippen LogP contribution in [0.15, 0.2) is 24.3 Å². The molecule has 0 aliphatic rings. The largest absolute Gasteiger partial charge is 0.466 e. The molecule has 0 saturated carbocycles. The average molecular weight is 945 g/mol. The Balaban J connectivity index is 3.47. The summed E-state index contributed by atoms with van der Waals surface area (Å²) in [5, 5.41) is 23.2. The molecule has 0 heterocycles. The molecule has 0 aromatic carbocycles. The summed E-state index contributed by atoms with van der Waals surface area (Å²) < 4.78 is 5.48. The molecule has 0 aliphatic heterocycles. The summed E-state index contributed by atoms with van der Waals surface area (Å²) in [5.74, 6) is -0.0877. The Hall–Kier alpha value is -1.66. The third kappa shape index (κ3) is 53.5. The molecule has 2 unspecified atom stereocenters. The van der Waals surface area contributed by atoms with Gasteiger partial charge in [0.2, 0.25) is 5.91 Å². The van der Waals surface area contributed by atoms with Gasteiger partial charge in [-0.1, -0.05) is 282 Å². The lowest BCUT2D eigenvalue weighted by Gasteiger charge is -2.20. The van der Waals surface area contributed by atoms with Gasteiger partial charge >= 0.3 is 5.97 Å². The topological polar surface area (TPSA) is 95.9 Å². The third-order valence-corrected chi connectivity index (χ3v) is 14.0. The Kier molecular flexibility index (Phi) is 55.5. The predicted octanol–water partition coefficient (Wildman–Crippen LogP) is 18.6. The maximum absolute atomic E-state index is 12.5. The van der Waals surface area contributed by atoms with Gasteiger partial charge in [0.05, 0.1) is 25.4 Å². The molecule has 0 aliphatic carbocycles. The van der Waals surface area contributed by atoms with Gasteiger partial charge in [-0.15, -0.1) is 0 Å². The quantitative estimate of drug-likeness (QED) is 0.0321. The Morgan fingerprint density at radius 2 is 0.701 bits per heavy atom. The van der Waals surface area contributed by atoms with E-state index in [2.05, 4.69) is 31.3 Å². The molecule has 0 aromatic heterocycles. The lowest BCUT2D eigenvalue weighted by Crippen LogP contribution is -2.45. The van der Waals surface area contributed by atoms with Gasteiger partial charge in [0.1, 0.15) is 0 Å². The molecular formula is C61H117NO5. The van der Waals surface area contributed by atoms with Crippen LogP contribution in [0.1, 0.15) is 328 Å². The predicted molar refractivity (Wildman–Crippen MR) is 292 cm³/mol. The van der Waals surface area contributed by atoms with Crippen molar-refractivity contribution in [1.82, 2.24) is 5.32 Å². The number of carbonyl (C=O) groups excluding carboxylic acids is 2. The van der Waals surface area contributed by atoms with Crippen LogP contribution in [-0.4, -0.2) is 47.4 Å². The molecule has 0 rings (SSSR count). The molecule has 1 amide bonds. The fourth-order valence-electron chi connectivity index (χ4n) is 9.34. The van der Waals surface area contributed by atoms with Crippen LogP contribution < -0.4 is 5.32 Å². The van der Waals surface area contributed by atoms with E-state index in [4.69, 9.17) is 4.74 Å². The Bertz CT molecular complexity index is 1040. The fraction of sp³-hybridized carbons (Fsp3) is 0.902. The molecule has 2 atom stereocenters. The molecule has 0 spiro atoms. The van der Waals surface area contributed by atoms with E-state index >= 15 is 0 Å². The standard InChI is InChI=1S/C61H117NO5/c1-3-5-7-9-11-13-15-17-19-21-22-23-25-26-29-33-37-41-45-49-53-59(64)58(57-63)62-60(65)54-50-46-42-38-34-30-28-32-36-40-44-48-52-56-67-61(66)55-51-47-43-39-35-31-27-24-20-18-16-14-12-10-8-6-4-2/h18,20,49,53,58-59,63-64H,3-17,19,21-48,50-52,54-57H2,1-2H3,(H,62,65)/b20-18-,53-49+. The Morgan fingerprint density at radius 1 is 0.403 bits per heavy atom. The molecule has 6 heteroatoms. The highest BCUT2D eigenvalue weighted by Crippen LogP contribution is 2.17. The number of amides is 1. The number of unbranched alkanes of at least 4 members (excludes halogenated alkanes) is 43. The average Bonchev–Trinajstić information content (AvgIpc) is 3.33. The van der Waals surface area contributed by atoms with Gasteiger partial charge in [-0.3, -0.25) is 9.59 Å². The van der Waals surface area contributed by atoms with Crippen LogP contribution in [0.4, 0.5) is 0 Å². The van der Waals surface area contributed by atoms with Gasteiger partial charge in [0.15, 0.2) is 0 Å². The molecule has 6 nitrogen and oxygen atoms in total. The monoisotopic (exact) mass is 944 g/mol. The first kappa shape index (κ1) is 65.3. The minimum Gasteiger partial charge on any atom is -0.466 e. The molecule has 0 radical (unpaired) electrons. The van der Waals surface area contributed by atoms with Crippen LogP contribution in [-0.2, 0) is 14.3 Å². The number of nitrogens with one attached hydrogen (secondary N) is 1. The number of rotatable bonds is 56. The summed E-state index contributed by atoms with van der Waals surface area (Å²) in [4.78, 5) is 24.6. The third-order valence-electron chi connectivity index (χ3n) is 14.0. The van der Waals surface area contributed by atoms with E-state index in [0.29, 0.717) is 19.4 Å². The number of hydrogen-bond acceptors (Lipinski definition) is 5. The van der Waals surface area contributed by atoms with E-state index in [1.807, 2.05) is 6.08 Å². The Morgan fingerprint density at radius 3 is 1.06 bits per heavy atom. The van der Waals surface area contributed by atoms with Crippen LogP contribution in [0.5, 0.6) is 0 Å². The number of ether oxygens (including phenoxy) is 1. The highest BCUT2D eigenvalue weighted by Gasteiger charge is 2.18. The van der Waals surface area contributed by atoms with Crippen LogP contribution in [0.2, 0.25) is 0 Å². The first-order chi connectivity index (χ1) is 33.0. The zero-order valence-electron chi connectivity index (χ0n) is 45.1. The zero-order valence-corrected chi connectivity index (χ0v) is 45.1. The van der Waals surface area contributed by atoms with Crippen molar-refractivity contribution in [3.8, 4) is 0 Å². The second kappa shape index (κ2) is 56.9. The van der Waals surface area contributed by atoms with E-state index in [0.717, 1.165) is 57.8 Å². The SMILES string of the molecule is CCCCCCCC/C=C\CCCCCCCCCC(=O)OCCCCCCCCCCCCCCCC(=O)NC(CO)C(O)/C=C/CCCCCCCCCCCCCCCCCCCC. The molecule has 0 fully saturated rings. The smallest absolute Gasteiger partial charge is 0.305 e. The molecule has 0 aromatic rings. The van der Waals surface area contributed by atoms with Gasteiger partial charge in [0, 0.05) is 12.8 Å². The van der Waals surface area contributed by atoms with Gasteiger partial charge in [-0.2, -0.15) is 0 Å². The van der Waals surface area contributed by atoms with Crippen molar-refractivity contribution in [2.45, 2.75) is 341 Å². The highest BCUT2D eigenvalue weighted by molar-refractivity contribution is 5.76. The van der Waals surface area contributed by atoms with Gasteiger partial charge in [-0.25, -0.2) is 0 Å². The molecular weight excluding hydrogens is 827 g/mol. The van der Waals surface area contributed by atoms with E-state index in [1.54, 1.807) is 6.08 Å². The number of esters is 1. The summed E-state index contributed by atoms with van der Waals surface area (Å²) in [7, 11) is 0. The second-order valence-electron chi connectivity index (χ2n) is 20.7. The van der Waals surface area contributed by atoms with Crippen LogP contribution in [0.3, 0.4) is 0 Å². The van der Waals surface area contributed by atoms with Crippen molar-refractivity contribution < 1.29 is 24.5 Å². The lowest BCUT2D eigenvalue weighted by molar-refractivity contribution is -0.143. The minimum absolute atomic E-state index is 0.00954. The lowest BCUT2D eigenvalue weighted by atomic mass is 10.0. The number of aliphatic hydroxyl groups excluding tert-OH is 2. The Labute approximate surface area is 418 Å². The molecule has 396 valence electrons. The molecule has 0 bridgehead atoms. The first-order valence-corrected chi connectivity index (χ1v) is 30.1. The van der Waals surface area contributed by atoms with E-state index < -0.39 is 12.1 Å². The van der Waals surface area contributed by atoms with Crippen molar-refractivity contribution in [2.24, 2.45) is 0 Å². The van der Waals surface area contributed by atoms with Crippen LogP contribution >= 0.6 is 0 Å². The van der Waals surface area contributed by atoms with Gasteiger partial charge in [-0.05, 0) is 57.8 Å². The molecule has 67 heavy (non-hydrogen) atoms. The summed E-state index contributed by atoms with van der Waals surface area (Å²) >= 11 is 0. The summed E-state index contributed by atoms with van der Waals surface area (Å²) in [6.07, 6.45) is 69.1. The number of hydrogen-bond donors (Lipinski definition) is 3. The van der Waals surface area contributed by atoms with Crippen molar-refractivity contribution in [3.63, 3.8) is 0 Å². The number of aliphatic hydroxyl groups is 2. The van der Waals surface area contributed by atoms with Crippen molar-refractivity contribution in [1.29, 1.82) is 0 Å². The van der Waals surface area contributed by atoms with Crippen molar-refractivity contribution in [2.75, 3.05) is 13.2 Å². The van der Waals surface area contributed by atoms with E-state index in [-0.39, 0.29) is 18.5 Å². The molecule has 3 N–H and O–H groups in total. The normalized spacial score (nSPS) is 12.7. The maximum atomic E-state index is 12.5. The van der Waals surface area contributed by atoms with Gasteiger partial charge < -0.3 is 20.3 Å². The van der Waals surface area contributed by atoms with Crippen LogP contribution in [0, 0.1) is 0 Å². The zero-order chi connectivity index (χ0) is 48.6. The van der Waals surface area contributed by atoms with Gasteiger partial charge in [0.25, 0.3) is 0 Å². The highest BCUT2D eigenvalue weighted by atomic mass is 16.5. The molecule has 0 saturated heterocycles.